The average molecular weight is 254 g/mol. The summed E-state index contributed by atoms with van der Waals surface area (Å²) >= 11 is 0. The van der Waals surface area contributed by atoms with Crippen LogP contribution >= 0.6 is 0 Å². The molecule has 0 fully saturated rings. The molecule has 17 heavy (non-hydrogen) atoms. The second kappa shape index (κ2) is 6.55. The monoisotopic (exact) mass is 254 g/mol. The van der Waals surface area contributed by atoms with E-state index in [-0.39, 0.29) is 5.75 Å². The molecule has 1 aromatic carbocycles. The number of hydrogen-bond donors (Lipinski definition) is 1. The third-order valence-electron chi connectivity index (χ3n) is 2.62. The fourth-order valence-corrected chi connectivity index (χ4v) is 2.85. The normalized spacial score (nSPS) is 14.2. The molecule has 0 saturated carbocycles. The highest BCUT2D eigenvalue weighted by molar-refractivity contribution is 7.84. The number of aliphatic carboxylic acids is 1. The van der Waals surface area contributed by atoms with Crippen LogP contribution < -0.4 is 0 Å². The molecule has 1 aromatic rings. The molecule has 1 rings (SSSR count). The standard InChI is InChI=1S/C13H18O3S/c1-3-11-4-6-12(7-5-11)9-17(16)8-10(2)13(14)15/h4-7,10H,3,8-9H2,1-2H3,(H,14,15). The van der Waals surface area contributed by atoms with Gasteiger partial charge < -0.3 is 5.11 Å². The van der Waals surface area contributed by atoms with E-state index < -0.39 is 22.7 Å². The lowest BCUT2D eigenvalue weighted by Gasteiger charge is -2.06. The predicted molar refractivity (Wildman–Crippen MR) is 69.3 cm³/mol. The Morgan fingerprint density at radius 1 is 1.29 bits per heavy atom. The van der Waals surface area contributed by atoms with Crippen LogP contribution in [0.5, 0.6) is 0 Å². The average Bonchev–Trinajstić information content (AvgIpc) is 2.29. The Hall–Kier alpha value is -1.16. The lowest BCUT2D eigenvalue weighted by atomic mass is 10.1. The summed E-state index contributed by atoms with van der Waals surface area (Å²) in [6.45, 7) is 3.67. The van der Waals surface area contributed by atoms with Crippen molar-refractivity contribution >= 4 is 16.8 Å². The molecule has 0 aromatic heterocycles. The van der Waals surface area contributed by atoms with Crippen molar-refractivity contribution in [1.29, 1.82) is 0 Å². The molecular weight excluding hydrogens is 236 g/mol. The van der Waals surface area contributed by atoms with Gasteiger partial charge in [-0.05, 0) is 17.5 Å². The topological polar surface area (TPSA) is 54.4 Å². The predicted octanol–water partition coefficient (Wildman–Crippen LogP) is 2.22. The molecule has 3 nitrogen and oxygen atoms in total. The Bertz CT molecular complexity index is 398. The van der Waals surface area contributed by atoms with Crippen LogP contribution in [0.4, 0.5) is 0 Å². The van der Waals surface area contributed by atoms with Crippen LogP contribution in [-0.2, 0) is 27.8 Å². The zero-order valence-electron chi connectivity index (χ0n) is 10.2. The number of benzene rings is 1. The van der Waals surface area contributed by atoms with Crippen LogP contribution in [0.1, 0.15) is 25.0 Å². The summed E-state index contributed by atoms with van der Waals surface area (Å²) in [6.07, 6.45) is 0.986. The van der Waals surface area contributed by atoms with Crippen molar-refractivity contribution in [2.75, 3.05) is 5.75 Å². The Morgan fingerprint density at radius 2 is 1.82 bits per heavy atom. The summed E-state index contributed by atoms with van der Waals surface area (Å²) in [6, 6.07) is 7.96. The minimum atomic E-state index is -1.11. The van der Waals surface area contributed by atoms with Gasteiger partial charge in [-0.1, -0.05) is 38.1 Å². The van der Waals surface area contributed by atoms with E-state index in [9.17, 15) is 9.00 Å². The Balaban J connectivity index is 2.53. The molecule has 1 N–H and O–H groups in total. The number of carbonyl (C=O) groups is 1. The molecule has 2 unspecified atom stereocenters. The van der Waals surface area contributed by atoms with Gasteiger partial charge in [0, 0.05) is 22.3 Å². The van der Waals surface area contributed by atoms with Crippen LogP contribution in [0.3, 0.4) is 0 Å². The lowest BCUT2D eigenvalue weighted by molar-refractivity contribution is -0.140. The summed E-state index contributed by atoms with van der Waals surface area (Å²) in [7, 11) is -1.11. The van der Waals surface area contributed by atoms with E-state index in [0.717, 1.165) is 12.0 Å². The van der Waals surface area contributed by atoms with E-state index in [1.807, 2.05) is 24.3 Å². The van der Waals surface area contributed by atoms with Gasteiger partial charge in [-0.3, -0.25) is 9.00 Å². The SMILES string of the molecule is CCc1ccc(CS(=O)CC(C)C(=O)O)cc1. The second-order valence-corrected chi connectivity index (χ2v) is 5.66. The number of hydrogen-bond acceptors (Lipinski definition) is 2. The molecule has 0 amide bonds. The van der Waals surface area contributed by atoms with Gasteiger partial charge in [-0.25, -0.2) is 0 Å². The molecule has 0 aliphatic heterocycles. The molecule has 0 aliphatic carbocycles. The maximum absolute atomic E-state index is 11.7. The maximum Gasteiger partial charge on any atom is 0.307 e. The van der Waals surface area contributed by atoms with Gasteiger partial charge in [-0.2, -0.15) is 0 Å². The fraction of sp³-hybridized carbons (Fsp3) is 0.462. The molecule has 0 radical (unpaired) electrons. The first kappa shape index (κ1) is 13.9. The second-order valence-electron chi connectivity index (χ2n) is 4.16. The van der Waals surface area contributed by atoms with Gasteiger partial charge in [0.2, 0.25) is 0 Å². The molecule has 0 bridgehead atoms. The van der Waals surface area contributed by atoms with Crippen molar-refractivity contribution in [3.05, 3.63) is 35.4 Å². The van der Waals surface area contributed by atoms with Crippen molar-refractivity contribution in [1.82, 2.24) is 0 Å². The zero-order valence-corrected chi connectivity index (χ0v) is 11.0. The Morgan fingerprint density at radius 3 is 2.29 bits per heavy atom. The van der Waals surface area contributed by atoms with Crippen LogP contribution in [0.25, 0.3) is 0 Å². The minimum absolute atomic E-state index is 0.213. The van der Waals surface area contributed by atoms with E-state index in [1.54, 1.807) is 6.92 Å². The molecule has 4 heteroatoms. The van der Waals surface area contributed by atoms with Crippen molar-refractivity contribution in [2.45, 2.75) is 26.0 Å². The molecule has 94 valence electrons. The van der Waals surface area contributed by atoms with E-state index in [1.165, 1.54) is 5.56 Å². The third-order valence-corrected chi connectivity index (χ3v) is 4.14. The van der Waals surface area contributed by atoms with Crippen LogP contribution in [-0.4, -0.2) is 21.0 Å². The number of aryl methyl sites for hydroxylation is 1. The summed E-state index contributed by atoms with van der Waals surface area (Å²) in [5, 5.41) is 8.73. The molecule has 2 atom stereocenters. The lowest BCUT2D eigenvalue weighted by Crippen LogP contribution is -2.18. The highest BCUT2D eigenvalue weighted by Gasteiger charge is 2.14. The summed E-state index contributed by atoms with van der Waals surface area (Å²) in [5.41, 5.74) is 2.25. The smallest absolute Gasteiger partial charge is 0.307 e. The highest BCUT2D eigenvalue weighted by Crippen LogP contribution is 2.09. The van der Waals surface area contributed by atoms with Crippen LogP contribution in [0, 0.1) is 5.92 Å². The van der Waals surface area contributed by atoms with Crippen molar-refractivity contribution in [3.63, 3.8) is 0 Å². The van der Waals surface area contributed by atoms with E-state index in [2.05, 4.69) is 6.92 Å². The van der Waals surface area contributed by atoms with Crippen LogP contribution in [0.15, 0.2) is 24.3 Å². The third kappa shape index (κ3) is 4.69. The summed E-state index contributed by atoms with van der Waals surface area (Å²) in [4.78, 5) is 10.6. The molecule has 0 saturated heterocycles. The van der Waals surface area contributed by atoms with Crippen LogP contribution in [0.2, 0.25) is 0 Å². The largest absolute Gasteiger partial charge is 0.481 e. The number of carboxylic acids is 1. The molecule has 0 spiro atoms. The molecule has 0 aliphatic rings. The first-order valence-electron chi connectivity index (χ1n) is 5.68. The van der Waals surface area contributed by atoms with Crippen molar-refractivity contribution in [2.24, 2.45) is 5.92 Å². The van der Waals surface area contributed by atoms with E-state index >= 15 is 0 Å². The number of carboxylic acid groups (broad SMARTS) is 1. The van der Waals surface area contributed by atoms with Crippen molar-refractivity contribution in [3.8, 4) is 0 Å². The molecular formula is C13H18O3S. The van der Waals surface area contributed by atoms with Gasteiger partial charge in [0.15, 0.2) is 0 Å². The Labute approximate surface area is 104 Å². The fourth-order valence-electron chi connectivity index (χ4n) is 1.47. The van der Waals surface area contributed by atoms with Gasteiger partial charge in [0.1, 0.15) is 0 Å². The number of rotatable bonds is 6. The van der Waals surface area contributed by atoms with Crippen molar-refractivity contribution < 1.29 is 14.1 Å². The summed E-state index contributed by atoms with van der Waals surface area (Å²) < 4.78 is 11.7. The van der Waals surface area contributed by atoms with E-state index in [4.69, 9.17) is 5.11 Å². The zero-order chi connectivity index (χ0) is 12.8. The van der Waals surface area contributed by atoms with E-state index in [0.29, 0.717) is 5.75 Å². The minimum Gasteiger partial charge on any atom is -0.481 e. The van der Waals surface area contributed by atoms with Gasteiger partial charge in [0.05, 0.1) is 5.92 Å². The van der Waals surface area contributed by atoms with Gasteiger partial charge >= 0.3 is 5.97 Å². The quantitative estimate of drug-likeness (QED) is 0.847. The molecule has 0 heterocycles. The first-order chi connectivity index (χ1) is 8.02. The van der Waals surface area contributed by atoms with Gasteiger partial charge in [0.25, 0.3) is 0 Å². The highest BCUT2D eigenvalue weighted by atomic mass is 32.2. The summed E-state index contributed by atoms with van der Waals surface area (Å²) in [5.74, 6) is -0.794. The van der Waals surface area contributed by atoms with Gasteiger partial charge in [-0.15, -0.1) is 0 Å². The Kier molecular flexibility index (Phi) is 5.35. The first-order valence-corrected chi connectivity index (χ1v) is 7.17. The maximum atomic E-state index is 11.7.